The fraction of sp³-hybridized carbons (Fsp3) is 0.615. The van der Waals surface area contributed by atoms with Gasteiger partial charge in [0.15, 0.2) is 0 Å². The number of hydrogen-bond acceptors (Lipinski definition) is 5. The Morgan fingerprint density at radius 3 is 2.48 bits per heavy atom. The maximum absolute atomic E-state index is 12.1. The van der Waals surface area contributed by atoms with Crippen molar-refractivity contribution in [3.63, 3.8) is 0 Å². The zero-order chi connectivity index (χ0) is 15.4. The normalized spacial score (nSPS) is 16.0. The number of carbonyl (C=O) groups is 2. The first-order valence-corrected chi connectivity index (χ1v) is 6.86. The van der Waals surface area contributed by atoms with E-state index in [0.717, 1.165) is 11.3 Å². The first-order valence-electron chi connectivity index (χ1n) is 6.86. The molecule has 0 aliphatic carbocycles. The number of carboxylic acids is 1. The number of aromatic nitrogens is 1. The van der Waals surface area contributed by atoms with E-state index in [-0.39, 0.29) is 12.6 Å². The molecule has 21 heavy (non-hydrogen) atoms. The van der Waals surface area contributed by atoms with E-state index in [0.29, 0.717) is 38.5 Å². The van der Waals surface area contributed by atoms with Crippen molar-refractivity contribution in [3.8, 4) is 0 Å². The third kappa shape index (κ3) is 3.94. The molecule has 116 valence electrons. The molecular formula is C13H20N4O4. The predicted octanol–water partition coefficient (Wildman–Crippen LogP) is 0.203. The van der Waals surface area contributed by atoms with Gasteiger partial charge in [0, 0.05) is 38.3 Å². The third-order valence-electron chi connectivity index (χ3n) is 3.62. The average Bonchev–Trinajstić information content (AvgIpc) is 2.75. The molecular weight excluding hydrogens is 276 g/mol. The minimum Gasteiger partial charge on any atom is -0.480 e. The van der Waals surface area contributed by atoms with Crippen LogP contribution in [0.25, 0.3) is 0 Å². The van der Waals surface area contributed by atoms with E-state index in [9.17, 15) is 9.59 Å². The van der Waals surface area contributed by atoms with Crippen LogP contribution in [-0.4, -0.2) is 64.8 Å². The number of hydrogen-bond donors (Lipinski definition) is 2. The third-order valence-corrected chi connectivity index (χ3v) is 3.62. The van der Waals surface area contributed by atoms with Crippen molar-refractivity contribution in [1.82, 2.24) is 20.3 Å². The Morgan fingerprint density at radius 2 is 1.95 bits per heavy atom. The van der Waals surface area contributed by atoms with Gasteiger partial charge in [-0.1, -0.05) is 5.16 Å². The Labute approximate surface area is 122 Å². The molecule has 1 fully saturated rings. The van der Waals surface area contributed by atoms with Crippen LogP contribution < -0.4 is 5.32 Å². The van der Waals surface area contributed by atoms with Crippen molar-refractivity contribution in [2.45, 2.75) is 20.4 Å². The van der Waals surface area contributed by atoms with Crippen molar-refractivity contribution in [3.05, 3.63) is 17.0 Å². The monoisotopic (exact) mass is 296 g/mol. The minimum absolute atomic E-state index is 0.0224. The van der Waals surface area contributed by atoms with Gasteiger partial charge < -0.3 is 19.8 Å². The van der Waals surface area contributed by atoms with Crippen molar-refractivity contribution in [2.24, 2.45) is 0 Å². The summed E-state index contributed by atoms with van der Waals surface area (Å²) in [5.74, 6) is -0.134. The molecule has 0 bridgehead atoms. The summed E-state index contributed by atoms with van der Waals surface area (Å²) in [6.07, 6.45) is 0. The summed E-state index contributed by atoms with van der Waals surface area (Å²) in [6.45, 7) is 6.26. The van der Waals surface area contributed by atoms with Crippen molar-refractivity contribution >= 4 is 12.0 Å². The van der Waals surface area contributed by atoms with Crippen LogP contribution in [0.4, 0.5) is 4.79 Å². The molecule has 1 aromatic rings. The van der Waals surface area contributed by atoms with Crippen LogP contribution in [0.5, 0.6) is 0 Å². The summed E-state index contributed by atoms with van der Waals surface area (Å²) in [5.41, 5.74) is 1.67. The summed E-state index contributed by atoms with van der Waals surface area (Å²) in [7, 11) is 0. The Balaban J connectivity index is 1.79. The van der Waals surface area contributed by atoms with Gasteiger partial charge in [0.2, 0.25) is 0 Å². The maximum Gasteiger partial charge on any atom is 0.317 e. The number of nitrogens with zero attached hydrogens (tertiary/aromatic N) is 3. The van der Waals surface area contributed by atoms with Crippen LogP contribution in [-0.2, 0) is 11.3 Å². The van der Waals surface area contributed by atoms with Gasteiger partial charge in [0.1, 0.15) is 5.76 Å². The molecule has 2 amide bonds. The van der Waals surface area contributed by atoms with Gasteiger partial charge in [-0.15, -0.1) is 0 Å². The highest BCUT2D eigenvalue weighted by Gasteiger charge is 2.22. The molecule has 1 aromatic heterocycles. The number of carbonyl (C=O) groups excluding carboxylic acids is 1. The molecule has 8 nitrogen and oxygen atoms in total. The number of urea groups is 1. The summed E-state index contributed by atoms with van der Waals surface area (Å²) < 4.78 is 5.05. The van der Waals surface area contributed by atoms with Gasteiger partial charge in [-0.25, -0.2) is 4.79 Å². The lowest BCUT2D eigenvalue weighted by molar-refractivity contribution is -0.138. The number of piperazine rings is 1. The van der Waals surface area contributed by atoms with Crippen LogP contribution in [0.2, 0.25) is 0 Å². The van der Waals surface area contributed by atoms with E-state index in [1.54, 1.807) is 4.90 Å². The second-order valence-electron chi connectivity index (χ2n) is 5.12. The Morgan fingerprint density at radius 1 is 1.29 bits per heavy atom. The number of rotatable bonds is 4. The van der Waals surface area contributed by atoms with Gasteiger partial charge >= 0.3 is 12.0 Å². The number of nitrogens with one attached hydrogen (secondary N) is 1. The van der Waals surface area contributed by atoms with Crippen LogP contribution in [0, 0.1) is 13.8 Å². The van der Waals surface area contributed by atoms with Crippen LogP contribution in [0.1, 0.15) is 17.0 Å². The number of carboxylic acid groups (broad SMARTS) is 1. The second kappa shape index (κ2) is 6.57. The molecule has 0 atom stereocenters. The van der Waals surface area contributed by atoms with Gasteiger partial charge in [0.05, 0.1) is 12.2 Å². The van der Waals surface area contributed by atoms with Gasteiger partial charge in [-0.05, 0) is 13.8 Å². The van der Waals surface area contributed by atoms with E-state index in [1.165, 1.54) is 0 Å². The Kier molecular flexibility index (Phi) is 4.79. The van der Waals surface area contributed by atoms with E-state index in [2.05, 4.69) is 10.5 Å². The summed E-state index contributed by atoms with van der Waals surface area (Å²) in [4.78, 5) is 26.2. The lowest BCUT2D eigenvalue weighted by atomic mass is 10.2. The smallest absolute Gasteiger partial charge is 0.317 e. The van der Waals surface area contributed by atoms with Crippen molar-refractivity contribution in [1.29, 1.82) is 0 Å². The van der Waals surface area contributed by atoms with E-state index in [1.807, 2.05) is 18.7 Å². The molecule has 0 radical (unpaired) electrons. The lowest BCUT2D eigenvalue weighted by Crippen LogP contribution is -2.52. The molecule has 1 saturated heterocycles. The second-order valence-corrected chi connectivity index (χ2v) is 5.12. The molecule has 0 saturated carbocycles. The van der Waals surface area contributed by atoms with Crippen molar-refractivity contribution in [2.75, 3.05) is 32.7 Å². The first-order chi connectivity index (χ1) is 9.97. The number of aryl methyl sites for hydroxylation is 2. The molecule has 1 aliphatic rings. The fourth-order valence-corrected chi connectivity index (χ4v) is 2.33. The van der Waals surface area contributed by atoms with Gasteiger partial charge in [-0.2, -0.15) is 0 Å². The predicted molar refractivity (Wildman–Crippen MR) is 73.9 cm³/mol. The molecule has 2 N–H and O–H groups in total. The van der Waals surface area contributed by atoms with Gasteiger partial charge in [-0.3, -0.25) is 9.69 Å². The Bertz CT molecular complexity index is 501. The van der Waals surface area contributed by atoms with Crippen LogP contribution in [0.15, 0.2) is 4.52 Å². The number of aliphatic carboxylic acids is 1. The summed E-state index contributed by atoms with van der Waals surface area (Å²) in [6, 6.07) is -0.148. The minimum atomic E-state index is -0.841. The van der Waals surface area contributed by atoms with E-state index in [4.69, 9.17) is 9.63 Å². The first kappa shape index (κ1) is 15.3. The highest BCUT2D eigenvalue weighted by atomic mass is 16.5. The zero-order valence-corrected chi connectivity index (χ0v) is 12.3. The van der Waals surface area contributed by atoms with E-state index < -0.39 is 5.97 Å². The molecule has 1 aliphatic heterocycles. The Hall–Kier alpha value is -2.09. The van der Waals surface area contributed by atoms with Crippen molar-refractivity contribution < 1.29 is 19.2 Å². The SMILES string of the molecule is Cc1noc(C)c1CNC(=O)N1CCN(CC(=O)O)CC1. The highest BCUT2D eigenvalue weighted by molar-refractivity contribution is 5.74. The lowest BCUT2D eigenvalue weighted by Gasteiger charge is -2.33. The standard InChI is InChI=1S/C13H20N4O4/c1-9-11(10(2)21-15-9)7-14-13(20)17-5-3-16(4-6-17)8-12(18)19/h3-8H2,1-2H3,(H,14,20)(H,18,19). The summed E-state index contributed by atoms with van der Waals surface area (Å²) >= 11 is 0. The molecule has 2 heterocycles. The molecule has 0 spiro atoms. The van der Waals surface area contributed by atoms with E-state index >= 15 is 0 Å². The molecule has 2 rings (SSSR count). The zero-order valence-electron chi connectivity index (χ0n) is 12.3. The topological polar surface area (TPSA) is 98.9 Å². The number of amides is 2. The largest absolute Gasteiger partial charge is 0.480 e. The fourth-order valence-electron chi connectivity index (χ4n) is 2.33. The quantitative estimate of drug-likeness (QED) is 0.823. The maximum atomic E-state index is 12.1. The molecule has 8 heteroatoms. The summed E-state index contributed by atoms with van der Waals surface area (Å²) in [5, 5.41) is 15.4. The van der Waals surface area contributed by atoms with Crippen LogP contribution >= 0.6 is 0 Å². The molecule has 0 aromatic carbocycles. The highest BCUT2D eigenvalue weighted by Crippen LogP contribution is 2.11. The van der Waals surface area contributed by atoms with Gasteiger partial charge in [0.25, 0.3) is 0 Å². The van der Waals surface area contributed by atoms with Crippen LogP contribution in [0.3, 0.4) is 0 Å². The average molecular weight is 296 g/mol. The molecule has 0 unspecified atom stereocenters.